The van der Waals surface area contributed by atoms with Crippen LogP contribution in [-0.2, 0) is 6.54 Å². The summed E-state index contributed by atoms with van der Waals surface area (Å²) >= 11 is 0. The van der Waals surface area contributed by atoms with E-state index in [1.54, 1.807) is 6.92 Å². The maximum atomic E-state index is 11.4. The molecule has 1 saturated heterocycles. The third-order valence-electron chi connectivity index (χ3n) is 3.36. The van der Waals surface area contributed by atoms with Crippen molar-refractivity contribution >= 4 is 5.78 Å². The van der Waals surface area contributed by atoms with Gasteiger partial charge in [0.05, 0.1) is 0 Å². The molecule has 1 heterocycles. The minimum absolute atomic E-state index is 0.145. The van der Waals surface area contributed by atoms with Crippen molar-refractivity contribution in [2.24, 2.45) is 0 Å². The Hall–Kier alpha value is -1.19. The summed E-state index contributed by atoms with van der Waals surface area (Å²) in [5.74, 6) is 0.145. The Morgan fingerprint density at radius 1 is 1.35 bits per heavy atom. The van der Waals surface area contributed by atoms with Crippen molar-refractivity contribution in [3.63, 3.8) is 0 Å². The Bertz CT molecular complexity index is 409. The van der Waals surface area contributed by atoms with Crippen LogP contribution in [0.1, 0.15) is 28.4 Å². The monoisotopic (exact) mass is 232 g/mol. The number of nitrogens with one attached hydrogen (secondary N) is 1. The van der Waals surface area contributed by atoms with Gasteiger partial charge in [0.2, 0.25) is 0 Å². The first-order valence-corrected chi connectivity index (χ1v) is 6.20. The lowest BCUT2D eigenvalue weighted by Gasteiger charge is -2.27. The Morgan fingerprint density at radius 2 is 2.06 bits per heavy atom. The first kappa shape index (κ1) is 12.3. The summed E-state index contributed by atoms with van der Waals surface area (Å²) in [6, 6.07) is 6.01. The van der Waals surface area contributed by atoms with Crippen LogP contribution in [0.4, 0.5) is 0 Å². The number of Topliss-reactive ketones (excluding diaryl/α,β-unsaturated/α-hetero) is 1. The van der Waals surface area contributed by atoms with Gasteiger partial charge in [-0.15, -0.1) is 0 Å². The van der Waals surface area contributed by atoms with Crippen molar-refractivity contribution in [2.45, 2.75) is 20.4 Å². The summed E-state index contributed by atoms with van der Waals surface area (Å²) in [6.07, 6.45) is 0. The zero-order chi connectivity index (χ0) is 12.3. The molecule has 92 valence electrons. The molecule has 17 heavy (non-hydrogen) atoms. The fraction of sp³-hybridized carbons (Fsp3) is 0.500. The number of carbonyl (C=O) groups is 1. The second-order valence-corrected chi connectivity index (χ2v) is 4.72. The number of hydrogen-bond donors (Lipinski definition) is 1. The predicted molar refractivity (Wildman–Crippen MR) is 69.3 cm³/mol. The van der Waals surface area contributed by atoms with Gasteiger partial charge in [0.1, 0.15) is 0 Å². The van der Waals surface area contributed by atoms with Crippen LogP contribution in [0.5, 0.6) is 0 Å². The van der Waals surface area contributed by atoms with E-state index in [0.29, 0.717) is 0 Å². The number of rotatable bonds is 3. The summed E-state index contributed by atoms with van der Waals surface area (Å²) in [5, 5.41) is 3.35. The van der Waals surface area contributed by atoms with Crippen LogP contribution in [0.25, 0.3) is 0 Å². The summed E-state index contributed by atoms with van der Waals surface area (Å²) in [4.78, 5) is 13.8. The third kappa shape index (κ3) is 3.14. The van der Waals surface area contributed by atoms with Gasteiger partial charge in [-0.25, -0.2) is 0 Å². The van der Waals surface area contributed by atoms with Gasteiger partial charge in [-0.3, -0.25) is 9.69 Å². The molecule has 1 aromatic carbocycles. The second-order valence-electron chi connectivity index (χ2n) is 4.72. The molecule has 0 radical (unpaired) electrons. The topological polar surface area (TPSA) is 32.3 Å². The van der Waals surface area contributed by atoms with Gasteiger partial charge in [0.15, 0.2) is 5.78 Å². The molecule has 0 aliphatic carbocycles. The molecule has 0 aromatic heterocycles. The normalized spacial score (nSPS) is 17.1. The molecule has 0 spiro atoms. The molecule has 1 N–H and O–H groups in total. The van der Waals surface area contributed by atoms with E-state index in [9.17, 15) is 4.79 Å². The van der Waals surface area contributed by atoms with E-state index in [1.807, 2.05) is 18.2 Å². The van der Waals surface area contributed by atoms with Crippen molar-refractivity contribution in [3.05, 3.63) is 34.9 Å². The number of carbonyl (C=O) groups excluding carboxylic acids is 1. The Balaban J connectivity index is 2.13. The van der Waals surface area contributed by atoms with Gasteiger partial charge in [-0.05, 0) is 31.0 Å². The van der Waals surface area contributed by atoms with Crippen molar-refractivity contribution in [2.75, 3.05) is 26.2 Å². The van der Waals surface area contributed by atoms with Crippen LogP contribution in [0.2, 0.25) is 0 Å². The standard InChI is InChI=1S/C14H20N2O/c1-11-3-4-13(12(2)17)9-14(11)10-16-7-5-15-6-8-16/h3-4,9,15H,5-8,10H2,1-2H3. The minimum Gasteiger partial charge on any atom is -0.314 e. The number of ketones is 1. The smallest absolute Gasteiger partial charge is 0.159 e. The Labute approximate surface area is 103 Å². The highest BCUT2D eigenvalue weighted by Crippen LogP contribution is 2.14. The first-order chi connectivity index (χ1) is 8.16. The van der Waals surface area contributed by atoms with Crippen LogP contribution in [0.3, 0.4) is 0 Å². The van der Waals surface area contributed by atoms with Crippen LogP contribution in [-0.4, -0.2) is 36.9 Å². The zero-order valence-corrected chi connectivity index (χ0v) is 10.6. The van der Waals surface area contributed by atoms with E-state index >= 15 is 0 Å². The molecular formula is C14H20N2O. The first-order valence-electron chi connectivity index (χ1n) is 6.20. The lowest BCUT2D eigenvalue weighted by atomic mass is 10.0. The van der Waals surface area contributed by atoms with Gasteiger partial charge in [-0.1, -0.05) is 12.1 Å². The van der Waals surface area contributed by atoms with Crippen LogP contribution in [0, 0.1) is 6.92 Å². The number of piperazine rings is 1. The summed E-state index contributed by atoms with van der Waals surface area (Å²) in [6.45, 7) is 8.99. The fourth-order valence-corrected chi connectivity index (χ4v) is 2.17. The van der Waals surface area contributed by atoms with E-state index in [0.717, 1.165) is 38.3 Å². The summed E-state index contributed by atoms with van der Waals surface area (Å²) in [5.41, 5.74) is 3.37. The highest BCUT2D eigenvalue weighted by atomic mass is 16.1. The van der Waals surface area contributed by atoms with Crippen molar-refractivity contribution in [3.8, 4) is 0 Å². The largest absolute Gasteiger partial charge is 0.314 e. The van der Waals surface area contributed by atoms with Crippen LogP contribution in [0.15, 0.2) is 18.2 Å². The molecule has 0 atom stereocenters. The molecule has 1 aromatic rings. The molecule has 2 rings (SSSR count). The molecule has 0 amide bonds. The average Bonchev–Trinajstić information content (AvgIpc) is 2.33. The van der Waals surface area contributed by atoms with Gasteiger partial charge < -0.3 is 5.32 Å². The van der Waals surface area contributed by atoms with E-state index in [4.69, 9.17) is 0 Å². The van der Waals surface area contributed by atoms with Gasteiger partial charge in [0, 0.05) is 38.3 Å². The van der Waals surface area contributed by atoms with Crippen LogP contribution >= 0.6 is 0 Å². The minimum atomic E-state index is 0.145. The number of aryl methyl sites for hydroxylation is 1. The van der Waals surface area contributed by atoms with E-state index in [-0.39, 0.29) is 5.78 Å². The highest BCUT2D eigenvalue weighted by molar-refractivity contribution is 5.94. The maximum Gasteiger partial charge on any atom is 0.159 e. The van der Waals surface area contributed by atoms with Gasteiger partial charge >= 0.3 is 0 Å². The highest BCUT2D eigenvalue weighted by Gasteiger charge is 2.12. The van der Waals surface area contributed by atoms with Crippen molar-refractivity contribution < 1.29 is 4.79 Å². The molecule has 1 aliphatic rings. The van der Waals surface area contributed by atoms with E-state index in [1.165, 1.54) is 11.1 Å². The maximum absolute atomic E-state index is 11.4. The van der Waals surface area contributed by atoms with Gasteiger partial charge in [-0.2, -0.15) is 0 Å². The molecule has 0 unspecified atom stereocenters. The molecule has 0 saturated carbocycles. The zero-order valence-electron chi connectivity index (χ0n) is 10.6. The van der Waals surface area contributed by atoms with Crippen molar-refractivity contribution in [1.29, 1.82) is 0 Å². The Kier molecular flexibility index (Phi) is 3.92. The van der Waals surface area contributed by atoms with Crippen molar-refractivity contribution in [1.82, 2.24) is 10.2 Å². The van der Waals surface area contributed by atoms with E-state index < -0.39 is 0 Å². The molecular weight excluding hydrogens is 212 g/mol. The lowest BCUT2D eigenvalue weighted by Crippen LogP contribution is -2.43. The Morgan fingerprint density at radius 3 is 2.71 bits per heavy atom. The predicted octanol–water partition coefficient (Wildman–Crippen LogP) is 1.60. The number of benzene rings is 1. The quantitative estimate of drug-likeness (QED) is 0.803. The van der Waals surface area contributed by atoms with E-state index in [2.05, 4.69) is 17.1 Å². The average molecular weight is 232 g/mol. The molecule has 3 nitrogen and oxygen atoms in total. The molecule has 3 heteroatoms. The SMILES string of the molecule is CC(=O)c1ccc(C)c(CN2CCNCC2)c1. The second kappa shape index (κ2) is 5.43. The van der Waals surface area contributed by atoms with Crippen LogP contribution < -0.4 is 5.32 Å². The molecule has 1 aliphatic heterocycles. The number of hydrogen-bond acceptors (Lipinski definition) is 3. The summed E-state index contributed by atoms with van der Waals surface area (Å²) in [7, 11) is 0. The molecule has 1 fully saturated rings. The lowest BCUT2D eigenvalue weighted by molar-refractivity contribution is 0.101. The fourth-order valence-electron chi connectivity index (χ4n) is 2.17. The number of nitrogens with zero attached hydrogens (tertiary/aromatic N) is 1. The van der Waals surface area contributed by atoms with Gasteiger partial charge in [0.25, 0.3) is 0 Å². The third-order valence-corrected chi connectivity index (χ3v) is 3.36. The molecule has 0 bridgehead atoms. The summed E-state index contributed by atoms with van der Waals surface area (Å²) < 4.78 is 0.